The molecule has 0 radical (unpaired) electrons. The first-order valence-electron chi connectivity index (χ1n) is 7.10. The van der Waals surface area contributed by atoms with Crippen LogP contribution in [0.3, 0.4) is 0 Å². The maximum Gasteiger partial charge on any atom is 0.266 e. The van der Waals surface area contributed by atoms with Gasteiger partial charge in [-0.05, 0) is 37.0 Å². The Morgan fingerprint density at radius 1 is 1.18 bits per heavy atom. The van der Waals surface area contributed by atoms with Crippen LogP contribution in [0.1, 0.15) is 40.2 Å². The zero-order valence-corrected chi connectivity index (χ0v) is 14.4. The predicted octanol–water partition coefficient (Wildman–Crippen LogP) is 1.81. The third-order valence-electron chi connectivity index (χ3n) is 3.42. The van der Waals surface area contributed by atoms with E-state index in [-0.39, 0.29) is 22.9 Å². The van der Waals surface area contributed by atoms with Crippen LogP contribution in [0.15, 0.2) is 28.1 Å². The number of nitrogens with one attached hydrogen (secondary N) is 2. The fraction of sp³-hybridized carbons (Fsp3) is 0.533. The molecular weight excluding hydrogens is 302 g/mol. The summed E-state index contributed by atoms with van der Waals surface area (Å²) in [6.07, 6.45) is 0. The zero-order chi connectivity index (χ0) is 16.8. The van der Waals surface area contributed by atoms with Crippen molar-refractivity contribution >= 4 is 21.7 Å². The molecular formula is C15H23N3O3S. The molecule has 0 spiro atoms. The Bertz CT molecular complexity index is 716. The number of anilines is 1. The number of rotatable bonds is 2. The lowest BCUT2D eigenvalue weighted by Crippen LogP contribution is -2.43. The Labute approximate surface area is 131 Å². The number of benzene rings is 1. The van der Waals surface area contributed by atoms with Crippen molar-refractivity contribution in [2.75, 3.05) is 11.9 Å². The van der Waals surface area contributed by atoms with E-state index >= 15 is 0 Å². The molecule has 0 aliphatic carbocycles. The van der Waals surface area contributed by atoms with Crippen molar-refractivity contribution in [3.05, 3.63) is 23.8 Å². The third-order valence-corrected chi connectivity index (χ3v) is 4.80. The van der Waals surface area contributed by atoms with Crippen LogP contribution >= 0.6 is 0 Å². The first-order chi connectivity index (χ1) is 9.94. The van der Waals surface area contributed by atoms with Crippen LogP contribution in [0.25, 0.3) is 0 Å². The normalized spacial score (nSPS) is 19.3. The molecule has 22 heavy (non-hydrogen) atoms. The van der Waals surface area contributed by atoms with Gasteiger partial charge in [-0.1, -0.05) is 26.8 Å². The van der Waals surface area contributed by atoms with E-state index in [1.807, 2.05) is 26.8 Å². The second-order valence-corrected chi connectivity index (χ2v) is 8.77. The standard InChI is InChI=1S/C15H23N3O3S/c1-14(2,3)10-6-7-11-12(8-10)22(20,21)18-13(16-11)17-15(4,5)9-19/h6-8,19H,9H2,1-5H3,(H2,16,17,18). The summed E-state index contributed by atoms with van der Waals surface area (Å²) in [5.41, 5.74) is 0.514. The van der Waals surface area contributed by atoms with Crippen LogP contribution in [0.4, 0.5) is 5.69 Å². The van der Waals surface area contributed by atoms with E-state index in [2.05, 4.69) is 15.0 Å². The minimum absolute atomic E-state index is 0.120. The lowest BCUT2D eigenvalue weighted by molar-refractivity contribution is 0.222. The van der Waals surface area contributed by atoms with Gasteiger partial charge < -0.3 is 10.4 Å². The molecule has 0 amide bonds. The second kappa shape index (κ2) is 5.24. The van der Waals surface area contributed by atoms with Crippen molar-refractivity contribution in [3.8, 4) is 0 Å². The SMILES string of the molecule is CC(C)(CO)N=C1Nc2ccc(C(C)(C)C)cc2S(=O)(=O)N1. The molecule has 0 aromatic heterocycles. The van der Waals surface area contributed by atoms with Gasteiger partial charge in [-0.3, -0.25) is 0 Å². The number of fused-ring (bicyclic) bond motifs is 1. The lowest BCUT2D eigenvalue weighted by Gasteiger charge is -2.27. The van der Waals surface area contributed by atoms with Gasteiger partial charge in [-0.15, -0.1) is 0 Å². The van der Waals surface area contributed by atoms with E-state index < -0.39 is 15.6 Å². The summed E-state index contributed by atoms with van der Waals surface area (Å²) in [7, 11) is -3.68. The van der Waals surface area contributed by atoms with E-state index in [4.69, 9.17) is 0 Å². The summed E-state index contributed by atoms with van der Waals surface area (Å²) in [4.78, 5) is 4.43. The van der Waals surface area contributed by atoms with Crippen LogP contribution in [0, 0.1) is 0 Å². The Morgan fingerprint density at radius 3 is 2.36 bits per heavy atom. The molecule has 2 rings (SSSR count). The summed E-state index contributed by atoms with van der Waals surface area (Å²) >= 11 is 0. The molecule has 1 aromatic carbocycles. The third kappa shape index (κ3) is 3.41. The van der Waals surface area contributed by atoms with Gasteiger partial charge in [0.1, 0.15) is 4.90 Å². The quantitative estimate of drug-likeness (QED) is 0.773. The van der Waals surface area contributed by atoms with Crippen LogP contribution in [0.2, 0.25) is 0 Å². The topological polar surface area (TPSA) is 90.8 Å². The number of aliphatic hydroxyl groups excluding tert-OH is 1. The number of hydrogen-bond donors (Lipinski definition) is 3. The minimum atomic E-state index is -3.68. The number of sulfonamides is 1. The maximum atomic E-state index is 12.4. The Morgan fingerprint density at radius 2 is 1.82 bits per heavy atom. The first-order valence-corrected chi connectivity index (χ1v) is 8.58. The Balaban J connectivity index is 2.50. The van der Waals surface area contributed by atoms with Crippen molar-refractivity contribution in [1.82, 2.24) is 4.72 Å². The molecule has 0 saturated heterocycles. The second-order valence-electron chi connectivity index (χ2n) is 7.12. The molecule has 0 saturated carbocycles. The Hall–Kier alpha value is -1.60. The zero-order valence-electron chi connectivity index (χ0n) is 13.6. The van der Waals surface area contributed by atoms with Crippen LogP contribution in [-0.4, -0.2) is 31.6 Å². The molecule has 0 fully saturated rings. The molecule has 1 aliphatic rings. The highest BCUT2D eigenvalue weighted by atomic mass is 32.2. The fourth-order valence-corrected chi connectivity index (χ4v) is 3.19. The smallest absolute Gasteiger partial charge is 0.266 e. The summed E-state index contributed by atoms with van der Waals surface area (Å²) in [6.45, 7) is 9.34. The number of aliphatic hydroxyl groups is 1. The number of nitrogens with zero attached hydrogens (tertiary/aromatic N) is 1. The molecule has 3 N–H and O–H groups in total. The molecule has 0 atom stereocenters. The van der Waals surface area contributed by atoms with Gasteiger partial charge in [-0.25, -0.2) is 18.1 Å². The monoisotopic (exact) mass is 325 g/mol. The van der Waals surface area contributed by atoms with Gasteiger partial charge in [0.15, 0.2) is 0 Å². The van der Waals surface area contributed by atoms with Crippen molar-refractivity contribution in [1.29, 1.82) is 0 Å². The van der Waals surface area contributed by atoms with Crippen molar-refractivity contribution < 1.29 is 13.5 Å². The highest BCUT2D eigenvalue weighted by Gasteiger charge is 2.29. The van der Waals surface area contributed by atoms with Crippen molar-refractivity contribution in [2.24, 2.45) is 4.99 Å². The van der Waals surface area contributed by atoms with Crippen LogP contribution in [-0.2, 0) is 15.4 Å². The number of guanidine groups is 1. The molecule has 7 heteroatoms. The van der Waals surface area contributed by atoms with E-state index in [9.17, 15) is 13.5 Å². The predicted molar refractivity (Wildman–Crippen MR) is 87.7 cm³/mol. The Kier molecular flexibility index (Phi) is 3.99. The van der Waals surface area contributed by atoms with Gasteiger partial charge in [0.25, 0.3) is 10.0 Å². The summed E-state index contributed by atoms with van der Waals surface area (Å²) < 4.78 is 27.3. The summed E-state index contributed by atoms with van der Waals surface area (Å²) in [5.74, 6) is 0.120. The van der Waals surface area contributed by atoms with Crippen LogP contribution in [0.5, 0.6) is 0 Å². The van der Waals surface area contributed by atoms with E-state index in [1.54, 1.807) is 26.0 Å². The van der Waals surface area contributed by atoms with E-state index in [1.165, 1.54) is 0 Å². The highest BCUT2D eigenvalue weighted by molar-refractivity contribution is 7.90. The number of aliphatic imine (C=N–C) groups is 1. The molecule has 1 aliphatic heterocycles. The van der Waals surface area contributed by atoms with Gasteiger partial charge >= 0.3 is 0 Å². The first kappa shape index (κ1) is 16.8. The fourth-order valence-electron chi connectivity index (χ4n) is 2.04. The van der Waals surface area contributed by atoms with Crippen molar-refractivity contribution in [2.45, 2.75) is 50.5 Å². The molecule has 122 valence electrons. The molecule has 0 unspecified atom stereocenters. The van der Waals surface area contributed by atoms with Gasteiger partial charge in [0.2, 0.25) is 5.96 Å². The molecule has 1 aromatic rings. The highest BCUT2D eigenvalue weighted by Crippen LogP contribution is 2.31. The maximum absolute atomic E-state index is 12.4. The van der Waals surface area contributed by atoms with E-state index in [0.29, 0.717) is 5.69 Å². The lowest BCUT2D eigenvalue weighted by atomic mass is 9.87. The van der Waals surface area contributed by atoms with Crippen molar-refractivity contribution in [3.63, 3.8) is 0 Å². The van der Waals surface area contributed by atoms with Gasteiger partial charge in [0, 0.05) is 0 Å². The van der Waals surface area contributed by atoms with Crippen LogP contribution < -0.4 is 10.0 Å². The summed E-state index contributed by atoms with van der Waals surface area (Å²) in [5, 5.41) is 12.2. The summed E-state index contributed by atoms with van der Waals surface area (Å²) in [6, 6.07) is 5.33. The van der Waals surface area contributed by atoms with E-state index in [0.717, 1.165) is 5.56 Å². The molecule has 0 bridgehead atoms. The van der Waals surface area contributed by atoms with Gasteiger partial charge in [-0.2, -0.15) is 0 Å². The molecule has 6 nitrogen and oxygen atoms in total. The largest absolute Gasteiger partial charge is 0.394 e. The average molecular weight is 325 g/mol. The minimum Gasteiger partial charge on any atom is -0.394 e. The number of hydrogen-bond acceptors (Lipinski definition) is 4. The molecule has 1 heterocycles. The van der Waals surface area contributed by atoms with Gasteiger partial charge in [0.05, 0.1) is 17.8 Å². The average Bonchev–Trinajstić information content (AvgIpc) is 2.36.